The Labute approximate surface area is 67.1 Å². The lowest BCUT2D eigenvalue weighted by atomic mass is 10.2. The molecule has 0 N–H and O–H groups in total. The largest absolute Gasteiger partial charge is 0.262 e. The Morgan fingerprint density at radius 1 is 1.36 bits per heavy atom. The van der Waals surface area contributed by atoms with Crippen molar-refractivity contribution in [2.45, 2.75) is 6.92 Å². The van der Waals surface area contributed by atoms with E-state index in [0.717, 1.165) is 11.3 Å². The summed E-state index contributed by atoms with van der Waals surface area (Å²) in [4.78, 5) is 4.08. The minimum absolute atomic E-state index is 0.813. The molecule has 0 aliphatic carbocycles. The van der Waals surface area contributed by atoms with Crippen molar-refractivity contribution in [3.63, 3.8) is 0 Å². The monoisotopic (exact) mass is 145 g/mol. The molecule has 1 heteroatoms. The first-order valence-electron chi connectivity index (χ1n) is 3.57. The van der Waals surface area contributed by atoms with Gasteiger partial charge in [-0.05, 0) is 12.5 Å². The molecule has 0 atom stereocenters. The molecule has 1 nitrogen and oxygen atoms in total. The third-order valence-electron chi connectivity index (χ3n) is 1.39. The number of aliphatic imine (C=N–C) groups is 1. The molecule has 0 aliphatic heterocycles. The average molecular weight is 145 g/mol. The summed E-state index contributed by atoms with van der Waals surface area (Å²) in [5.41, 5.74) is 1.89. The lowest BCUT2D eigenvalue weighted by molar-refractivity contribution is 1.52. The van der Waals surface area contributed by atoms with Crippen LogP contribution in [0.25, 0.3) is 5.70 Å². The standard InChI is InChI=1S/C10H11N/c1-3-11-9(2)10-7-5-4-6-8-10/h3-8H,2H2,1H3/b11-3-. The Balaban J connectivity index is 2.86. The van der Waals surface area contributed by atoms with Gasteiger partial charge < -0.3 is 0 Å². The van der Waals surface area contributed by atoms with Crippen LogP contribution in [0.15, 0.2) is 41.9 Å². The zero-order valence-corrected chi connectivity index (χ0v) is 6.62. The smallest absolute Gasteiger partial charge is 0.0626 e. The molecule has 1 aromatic carbocycles. The predicted octanol–water partition coefficient (Wildman–Crippen LogP) is 2.75. The first-order chi connectivity index (χ1) is 5.34. The van der Waals surface area contributed by atoms with Gasteiger partial charge in [-0.15, -0.1) is 0 Å². The zero-order valence-electron chi connectivity index (χ0n) is 6.62. The van der Waals surface area contributed by atoms with Gasteiger partial charge in [-0.1, -0.05) is 36.9 Å². The van der Waals surface area contributed by atoms with Gasteiger partial charge in [0.2, 0.25) is 0 Å². The highest BCUT2D eigenvalue weighted by Crippen LogP contribution is 2.11. The third-order valence-corrected chi connectivity index (χ3v) is 1.39. The van der Waals surface area contributed by atoms with Gasteiger partial charge in [0.15, 0.2) is 0 Å². The maximum atomic E-state index is 4.08. The van der Waals surface area contributed by atoms with Crippen LogP contribution in [0.5, 0.6) is 0 Å². The highest BCUT2D eigenvalue weighted by molar-refractivity contribution is 5.71. The first-order valence-corrected chi connectivity index (χ1v) is 3.57. The summed E-state index contributed by atoms with van der Waals surface area (Å²) in [7, 11) is 0. The van der Waals surface area contributed by atoms with E-state index in [1.54, 1.807) is 6.21 Å². The minimum atomic E-state index is 0.813. The van der Waals surface area contributed by atoms with E-state index in [9.17, 15) is 0 Å². The highest BCUT2D eigenvalue weighted by atomic mass is 14.7. The summed E-state index contributed by atoms with van der Waals surface area (Å²) >= 11 is 0. The van der Waals surface area contributed by atoms with Gasteiger partial charge in [0.05, 0.1) is 5.70 Å². The number of nitrogens with zero attached hydrogens (tertiary/aromatic N) is 1. The fourth-order valence-corrected chi connectivity index (χ4v) is 0.861. The molecule has 0 heterocycles. The maximum absolute atomic E-state index is 4.08. The van der Waals surface area contributed by atoms with Gasteiger partial charge in [0.1, 0.15) is 0 Å². The molecule has 0 bridgehead atoms. The predicted molar refractivity (Wildman–Crippen MR) is 49.6 cm³/mol. The van der Waals surface area contributed by atoms with Crippen molar-refractivity contribution in [2.75, 3.05) is 0 Å². The van der Waals surface area contributed by atoms with E-state index in [2.05, 4.69) is 11.6 Å². The molecule has 1 aromatic rings. The normalized spacial score (nSPS) is 10.3. The second kappa shape index (κ2) is 3.71. The first kappa shape index (κ1) is 7.73. The van der Waals surface area contributed by atoms with Gasteiger partial charge in [0.25, 0.3) is 0 Å². The summed E-state index contributed by atoms with van der Waals surface area (Å²) in [5, 5.41) is 0. The third kappa shape index (κ3) is 2.04. The molecule has 11 heavy (non-hydrogen) atoms. The summed E-state index contributed by atoms with van der Waals surface area (Å²) in [6.45, 7) is 5.70. The van der Waals surface area contributed by atoms with E-state index in [1.165, 1.54) is 0 Å². The lowest BCUT2D eigenvalue weighted by Gasteiger charge is -1.96. The van der Waals surface area contributed by atoms with Crippen molar-refractivity contribution in [3.05, 3.63) is 42.5 Å². The Kier molecular flexibility index (Phi) is 2.61. The number of benzene rings is 1. The SMILES string of the molecule is C=C(/N=C\C)c1ccccc1. The molecule has 0 aromatic heterocycles. The molecule has 1 rings (SSSR count). The molecule has 0 amide bonds. The average Bonchev–Trinajstić information content (AvgIpc) is 2.07. The Morgan fingerprint density at radius 2 is 2.00 bits per heavy atom. The van der Waals surface area contributed by atoms with Crippen LogP contribution in [0.2, 0.25) is 0 Å². The Bertz CT molecular complexity index is 259. The summed E-state index contributed by atoms with van der Waals surface area (Å²) in [6, 6.07) is 9.93. The van der Waals surface area contributed by atoms with E-state index in [4.69, 9.17) is 0 Å². The zero-order chi connectivity index (χ0) is 8.10. The summed E-state index contributed by atoms with van der Waals surface area (Å²) in [6.07, 6.45) is 1.75. The number of rotatable bonds is 2. The summed E-state index contributed by atoms with van der Waals surface area (Å²) < 4.78 is 0. The van der Waals surface area contributed by atoms with Crippen LogP contribution >= 0.6 is 0 Å². The molecule has 0 fully saturated rings. The van der Waals surface area contributed by atoms with Gasteiger partial charge in [-0.25, -0.2) is 0 Å². The Hall–Kier alpha value is -1.37. The fraction of sp³-hybridized carbons (Fsp3) is 0.100. The summed E-state index contributed by atoms with van der Waals surface area (Å²) in [5.74, 6) is 0. The molecule has 0 saturated carbocycles. The van der Waals surface area contributed by atoms with Crippen LogP contribution in [0, 0.1) is 0 Å². The van der Waals surface area contributed by atoms with Crippen molar-refractivity contribution in [2.24, 2.45) is 4.99 Å². The van der Waals surface area contributed by atoms with Crippen LogP contribution in [0.1, 0.15) is 12.5 Å². The van der Waals surface area contributed by atoms with Crippen LogP contribution in [-0.4, -0.2) is 6.21 Å². The molecule has 56 valence electrons. The lowest BCUT2D eigenvalue weighted by Crippen LogP contribution is -1.76. The second-order valence-corrected chi connectivity index (χ2v) is 2.20. The van der Waals surface area contributed by atoms with Gasteiger partial charge in [0, 0.05) is 6.21 Å². The van der Waals surface area contributed by atoms with Crippen molar-refractivity contribution < 1.29 is 0 Å². The van der Waals surface area contributed by atoms with E-state index in [1.807, 2.05) is 37.3 Å². The van der Waals surface area contributed by atoms with E-state index < -0.39 is 0 Å². The van der Waals surface area contributed by atoms with Crippen molar-refractivity contribution in [1.29, 1.82) is 0 Å². The van der Waals surface area contributed by atoms with Crippen molar-refractivity contribution >= 4 is 11.9 Å². The number of hydrogen-bond acceptors (Lipinski definition) is 1. The van der Waals surface area contributed by atoms with E-state index in [-0.39, 0.29) is 0 Å². The number of hydrogen-bond donors (Lipinski definition) is 0. The van der Waals surface area contributed by atoms with Crippen molar-refractivity contribution in [1.82, 2.24) is 0 Å². The van der Waals surface area contributed by atoms with Crippen LogP contribution in [0.3, 0.4) is 0 Å². The van der Waals surface area contributed by atoms with Crippen LogP contribution < -0.4 is 0 Å². The van der Waals surface area contributed by atoms with Gasteiger partial charge >= 0.3 is 0 Å². The topological polar surface area (TPSA) is 12.4 Å². The quantitative estimate of drug-likeness (QED) is 0.567. The molecular weight excluding hydrogens is 134 g/mol. The van der Waals surface area contributed by atoms with Crippen LogP contribution in [0.4, 0.5) is 0 Å². The maximum Gasteiger partial charge on any atom is 0.0626 e. The Morgan fingerprint density at radius 3 is 2.55 bits per heavy atom. The van der Waals surface area contributed by atoms with E-state index >= 15 is 0 Å². The van der Waals surface area contributed by atoms with Gasteiger partial charge in [-0.2, -0.15) is 0 Å². The fourth-order valence-electron chi connectivity index (χ4n) is 0.861. The minimum Gasteiger partial charge on any atom is -0.262 e. The van der Waals surface area contributed by atoms with Crippen LogP contribution in [-0.2, 0) is 0 Å². The molecule has 0 aliphatic rings. The van der Waals surface area contributed by atoms with E-state index in [0.29, 0.717) is 0 Å². The molecule has 0 radical (unpaired) electrons. The molecule has 0 saturated heterocycles. The van der Waals surface area contributed by atoms with Crippen molar-refractivity contribution in [3.8, 4) is 0 Å². The molecular formula is C10H11N. The highest BCUT2D eigenvalue weighted by Gasteiger charge is 1.91. The molecule has 0 unspecified atom stereocenters. The molecule has 0 spiro atoms. The van der Waals surface area contributed by atoms with Gasteiger partial charge in [-0.3, -0.25) is 4.99 Å². The second-order valence-electron chi connectivity index (χ2n) is 2.20.